The van der Waals surface area contributed by atoms with E-state index in [2.05, 4.69) is 13.8 Å². The molecule has 2 saturated carbocycles. The van der Waals surface area contributed by atoms with E-state index in [1.54, 1.807) is 0 Å². The van der Waals surface area contributed by atoms with Crippen molar-refractivity contribution in [2.24, 2.45) is 11.3 Å². The number of allylic oxidation sites excluding steroid dienone is 2. The number of carboxylic acid groups (broad SMARTS) is 1. The van der Waals surface area contributed by atoms with Crippen molar-refractivity contribution < 1.29 is 19.7 Å². The van der Waals surface area contributed by atoms with Crippen LogP contribution in [0, 0.1) is 11.3 Å². The summed E-state index contributed by atoms with van der Waals surface area (Å²) in [4.78, 5) is 11.4. The molecule has 4 nitrogen and oxygen atoms in total. The van der Waals surface area contributed by atoms with E-state index in [0.29, 0.717) is 25.4 Å². The predicted octanol–water partition coefficient (Wildman–Crippen LogP) is 2.12. The summed E-state index contributed by atoms with van der Waals surface area (Å²) in [6.07, 6.45) is 3.40. The van der Waals surface area contributed by atoms with Gasteiger partial charge in [0.05, 0.1) is 12.7 Å². The first-order valence-electron chi connectivity index (χ1n) is 7.13. The number of rotatable bonds is 1. The number of aliphatic hydroxyl groups is 1. The second-order valence-corrected chi connectivity index (χ2v) is 6.71. The number of hydrogen-bond donors (Lipinski definition) is 2. The average molecular weight is 266 g/mol. The monoisotopic (exact) mass is 266 g/mol. The summed E-state index contributed by atoms with van der Waals surface area (Å²) in [6, 6.07) is 0. The van der Waals surface area contributed by atoms with E-state index in [1.165, 1.54) is 11.1 Å². The quantitative estimate of drug-likeness (QED) is 0.713. The lowest BCUT2D eigenvalue weighted by Gasteiger charge is -2.31. The Hall–Kier alpha value is -0.870. The Morgan fingerprint density at radius 2 is 2.11 bits per heavy atom. The van der Waals surface area contributed by atoms with Crippen LogP contribution in [0.3, 0.4) is 0 Å². The third-order valence-electron chi connectivity index (χ3n) is 5.58. The molecule has 19 heavy (non-hydrogen) atoms. The van der Waals surface area contributed by atoms with E-state index in [1.807, 2.05) is 0 Å². The van der Waals surface area contributed by atoms with E-state index in [9.17, 15) is 15.0 Å². The zero-order valence-corrected chi connectivity index (χ0v) is 11.6. The average Bonchev–Trinajstić information content (AvgIpc) is 2.89. The van der Waals surface area contributed by atoms with E-state index < -0.39 is 17.7 Å². The van der Waals surface area contributed by atoms with Crippen LogP contribution in [0.1, 0.15) is 46.0 Å². The van der Waals surface area contributed by atoms with Crippen LogP contribution in [-0.2, 0) is 9.53 Å². The molecule has 106 valence electrons. The molecule has 2 bridgehead atoms. The molecule has 4 heteroatoms. The molecule has 4 atom stereocenters. The minimum Gasteiger partial charge on any atom is -0.479 e. The normalized spacial score (nSPS) is 44.9. The van der Waals surface area contributed by atoms with Crippen LogP contribution in [0.25, 0.3) is 0 Å². The number of ether oxygens (including phenoxy) is 1. The third-order valence-corrected chi connectivity index (χ3v) is 5.58. The first kappa shape index (κ1) is 13.1. The Morgan fingerprint density at radius 1 is 1.37 bits per heavy atom. The predicted molar refractivity (Wildman–Crippen MR) is 69.7 cm³/mol. The molecule has 1 heterocycles. The van der Waals surface area contributed by atoms with Gasteiger partial charge in [-0.05, 0) is 51.9 Å². The molecule has 0 aromatic rings. The summed E-state index contributed by atoms with van der Waals surface area (Å²) in [5.74, 6) is -0.732. The van der Waals surface area contributed by atoms with E-state index in [0.717, 1.165) is 19.3 Å². The number of fused-ring (bicyclic) bond motifs is 1. The molecule has 0 aromatic carbocycles. The highest BCUT2D eigenvalue weighted by Gasteiger charge is 2.60. The number of aliphatic carboxylic acids is 1. The SMILES string of the molecule is CC(C)=C1CC[C@]23CO[C@H](C2)[C@@](O)(C(=O)O)CC[C@H]13. The minimum atomic E-state index is -1.69. The largest absolute Gasteiger partial charge is 0.479 e. The molecule has 2 aliphatic carbocycles. The molecule has 3 aliphatic rings. The number of carbonyl (C=O) groups is 1. The Morgan fingerprint density at radius 3 is 2.74 bits per heavy atom. The maximum absolute atomic E-state index is 11.4. The Kier molecular flexibility index (Phi) is 2.81. The molecular formula is C15H22O4. The van der Waals surface area contributed by atoms with E-state index in [-0.39, 0.29) is 5.41 Å². The van der Waals surface area contributed by atoms with Crippen LogP contribution in [0.2, 0.25) is 0 Å². The zero-order valence-electron chi connectivity index (χ0n) is 11.6. The van der Waals surface area contributed by atoms with Gasteiger partial charge in [-0.2, -0.15) is 0 Å². The summed E-state index contributed by atoms with van der Waals surface area (Å²) in [5, 5.41) is 19.8. The first-order chi connectivity index (χ1) is 8.89. The van der Waals surface area contributed by atoms with Gasteiger partial charge in [0.25, 0.3) is 0 Å². The van der Waals surface area contributed by atoms with Crippen molar-refractivity contribution in [3.63, 3.8) is 0 Å². The second kappa shape index (κ2) is 4.06. The third kappa shape index (κ3) is 1.69. The molecule has 0 amide bonds. The Bertz CT molecular complexity index is 451. The summed E-state index contributed by atoms with van der Waals surface area (Å²) >= 11 is 0. The molecule has 1 aliphatic heterocycles. The molecule has 0 aromatic heterocycles. The second-order valence-electron chi connectivity index (χ2n) is 6.71. The minimum absolute atomic E-state index is 0.0806. The number of carboxylic acids is 1. The van der Waals surface area contributed by atoms with Crippen LogP contribution < -0.4 is 0 Å². The molecular weight excluding hydrogens is 244 g/mol. The van der Waals surface area contributed by atoms with Crippen molar-refractivity contribution in [1.29, 1.82) is 0 Å². The van der Waals surface area contributed by atoms with Crippen LogP contribution in [0.5, 0.6) is 0 Å². The molecule has 0 unspecified atom stereocenters. The van der Waals surface area contributed by atoms with Crippen molar-refractivity contribution in [1.82, 2.24) is 0 Å². The summed E-state index contributed by atoms with van der Waals surface area (Å²) in [6.45, 7) is 4.88. The van der Waals surface area contributed by atoms with Crippen LogP contribution in [-0.4, -0.2) is 34.5 Å². The summed E-state index contributed by atoms with van der Waals surface area (Å²) < 4.78 is 5.71. The smallest absolute Gasteiger partial charge is 0.338 e. The highest BCUT2D eigenvalue weighted by Crippen LogP contribution is 2.59. The van der Waals surface area contributed by atoms with Crippen molar-refractivity contribution in [2.75, 3.05) is 6.61 Å². The van der Waals surface area contributed by atoms with Gasteiger partial charge in [-0.25, -0.2) is 4.79 Å². The summed E-state index contributed by atoms with van der Waals surface area (Å²) in [7, 11) is 0. The zero-order chi connectivity index (χ0) is 13.8. The molecule has 1 saturated heterocycles. The maximum Gasteiger partial charge on any atom is 0.338 e. The molecule has 1 spiro atoms. The fraction of sp³-hybridized carbons (Fsp3) is 0.800. The standard InChI is InChI=1S/C15H22O4/c1-9(2)10-3-5-14-7-12(19-8-14)15(18,13(16)17)6-4-11(10)14/h11-12,18H,3-8H2,1-2H3,(H,16,17)/t11-,12-,14-,15-/m1/s1. The topological polar surface area (TPSA) is 66.8 Å². The molecule has 3 rings (SSSR count). The molecule has 2 N–H and O–H groups in total. The first-order valence-corrected chi connectivity index (χ1v) is 7.13. The molecule has 3 fully saturated rings. The molecule has 0 radical (unpaired) electrons. The fourth-order valence-corrected chi connectivity index (χ4v) is 4.43. The van der Waals surface area contributed by atoms with E-state index in [4.69, 9.17) is 4.74 Å². The van der Waals surface area contributed by atoms with Gasteiger partial charge >= 0.3 is 5.97 Å². The maximum atomic E-state index is 11.4. The van der Waals surface area contributed by atoms with Gasteiger partial charge in [0.15, 0.2) is 5.60 Å². The highest BCUT2D eigenvalue weighted by molar-refractivity contribution is 5.78. The van der Waals surface area contributed by atoms with Gasteiger partial charge in [-0.1, -0.05) is 11.1 Å². The van der Waals surface area contributed by atoms with Gasteiger partial charge in [-0.3, -0.25) is 0 Å². The van der Waals surface area contributed by atoms with Crippen molar-refractivity contribution in [2.45, 2.75) is 57.7 Å². The summed E-state index contributed by atoms with van der Waals surface area (Å²) in [5.41, 5.74) is 1.21. The van der Waals surface area contributed by atoms with Gasteiger partial charge in [0.2, 0.25) is 0 Å². The van der Waals surface area contributed by atoms with Gasteiger partial charge in [0.1, 0.15) is 0 Å². The highest BCUT2D eigenvalue weighted by atomic mass is 16.5. The van der Waals surface area contributed by atoms with Crippen LogP contribution in [0.4, 0.5) is 0 Å². The number of hydrogen-bond acceptors (Lipinski definition) is 3. The van der Waals surface area contributed by atoms with Crippen molar-refractivity contribution in [3.05, 3.63) is 11.1 Å². The van der Waals surface area contributed by atoms with Gasteiger partial charge < -0.3 is 14.9 Å². The lowest BCUT2D eigenvalue weighted by atomic mass is 9.74. The Balaban J connectivity index is 1.99. The fourth-order valence-electron chi connectivity index (χ4n) is 4.43. The van der Waals surface area contributed by atoms with Gasteiger partial charge in [0, 0.05) is 5.41 Å². The van der Waals surface area contributed by atoms with E-state index >= 15 is 0 Å². The lowest BCUT2D eigenvalue weighted by Crippen LogP contribution is -2.49. The van der Waals surface area contributed by atoms with Gasteiger partial charge in [-0.15, -0.1) is 0 Å². The lowest BCUT2D eigenvalue weighted by molar-refractivity contribution is -0.174. The van der Waals surface area contributed by atoms with Crippen molar-refractivity contribution in [3.8, 4) is 0 Å². The van der Waals surface area contributed by atoms with Crippen LogP contribution >= 0.6 is 0 Å². The van der Waals surface area contributed by atoms with Crippen LogP contribution in [0.15, 0.2) is 11.1 Å². The van der Waals surface area contributed by atoms with Crippen molar-refractivity contribution >= 4 is 5.97 Å². The Labute approximate surface area is 113 Å².